The van der Waals surface area contributed by atoms with E-state index in [9.17, 15) is 9.18 Å². The summed E-state index contributed by atoms with van der Waals surface area (Å²) in [4.78, 5) is 17.4. The number of rotatable bonds is 6. The average Bonchev–Trinajstić information content (AvgIpc) is 2.94. The lowest BCUT2D eigenvalue weighted by atomic mass is 9.72. The van der Waals surface area contributed by atoms with Crippen molar-refractivity contribution in [2.24, 2.45) is 0 Å². The minimum absolute atomic E-state index is 0.115. The average molecular weight is 334 g/mol. The molecule has 122 valence electrons. The van der Waals surface area contributed by atoms with Gasteiger partial charge in [0.15, 0.2) is 0 Å². The highest BCUT2D eigenvalue weighted by Crippen LogP contribution is 2.35. The molecule has 1 aromatic carbocycles. The Balaban J connectivity index is 1.73. The standard InChI is InChI=1S/C17H19FN2O2S/c1-22-10-14-15(23-11-19-14)16(21)20-17(6-3-7-17)9-12-4-2-5-13(18)8-12/h2,4-5,8,11H,3,6-7,9-10H2,1H3,(H,20,21). The normalized spacial score (nSPS) is 15.9. The lowest BCUT2D eigenvalue weighted by Crippen LogP contribution is -2.55. The van der Waals surface area contributed by atoms with Crippen LogP contribution < -0.4 is 5.32 Å². The molecular weight excluding hydrogens is 315 g/mol. The van der Waals surface area contributed by atoms with Gasteiger partial charge in [0.05, 0.1) is 17.8 Å². The number of benzene rings is 1. The molecule has 1 saturated carbocycles. The highest BCUT2D eigenvalue weighted by atomic mass is 32.1. The van der Waals surface area contributed by atoms with E-state index in [-0.39, 0.29) is 17.3 Å². The molecule has 1 heterocycles. The van der Waals surface area contributed by atoms with Gasteiger partial charge in [-0.25, -0.2) is 9.37 Å². The zero-order valence-electron chi connectivity index (χ0n) is 13.0. The fourth-order valence-corrected chi connectivity index (χ4v) is 3.67. The number of nitrogens with zero attached hydrogens (tertiary/aromatic N) is 1. The summed E-state index contributed by atoms with van der Waals surface area (Å²) in [5.41, 5.74) is 2.95. The van der Waals surface area contributed by atoms with Gasteiger partial charge >= 0.3 is 0 Å². The maximum atomic E-state index is 13.4. The second-order valence-corrected chi connectivity index (χ2v) is 6.81. The Morgan fingerprint density at radius 1 is 1.48 bits per heavy atom. The third-order valence-electron chi connectivity index (χ3n) is 4.25. The van der Waals surface area contributed by atoms with Crippen molar-refractivity contribution >= 4 is 17.2 Å². The molecule has 6 heteroatoms. The summed E-state index contributed by atoms with van der Waals surface area (Å²) in [6.45, 7) is 0.323. The lowest BCUT2D eigenvalue weighted by molar-refractivity contribution is 0.0826. The maximum Gasteiger partial charge on any atom is 0.263 e. The van der Waals surface area contributed by atoms with Crippen molar-refractivity contribution in [3.63, 3.8) is 0 Å². The second-order valence-electron chi connectivity index (χ2n) is 5.96. The van der Waals surface area contributed by atoms with E-state index < -0.39 is 0 Å². The SMILES string of the molecule is COCc1ncsc1C(=O)NC1(Cc2cccc(F)c2)CCC1. The number of aromatic nitrogens is 1. The van der Waals surface area contributed by atoms with Crippen LogP contribution in [-0.2, 0) is 17.8 Å². The first-order valence-electron chi connectivity index (χ1n) is 7.60. The molecule has 2 aromatic rings. The molecule has 0 saturated heterocycles. The van der Waals surface area contributed by atoms with Gasteiger partial charge in [-0.1, -0.05) is 12.1 Å². The van der Waals surface area contributed by atoms with Crippen molar-refractivity contribution in [2.45, 2.75) is 37.8 Å². The molecule has 3 rings (SSSR count). The van der Waals surface area contributed by atoms with E-state index in [0.29, 0.717) is 23.6 Å². The molecule has 0 unspecified atom stereocenters. The van der Waals surface area contributed by atoms with Crippen molar-refractivity contribution in [1.82, 2.24) is 10.3 Å². The number of methoxy groups -OCH3 is 1. The number of hydrogen-bond donors (Lipinski definition) is 1. The van der Waals surface area contributed by atoms with E-state index >= 15 is 0 Å². The molecule has 1 aliphatic carbocycles. The van der Waals surface area contributed by atoms with Crippen LogP contribution in [0.4, 0.5) is 4.39 Å². The van der Waals surface area contributed by atoms with E-state index in [1.807, 2.05) is 6.07 Å². The lowest BCUT2D eigenvalue weighted by Gasteiger charge is -2.42. The Morgan fingerprint density at radius 3 is 2.96 bits per heavy atom. The number of thiazole rings is 1. The first kappa shape index (κ1) is 16.1. The quantitative estimate of drug-likeness (QED) is 0.882. The molecule has 4 nitrogen and oxygen atoms in total. The minimum atomic E-state index is -0.279. The predicted octanol–water partition coefficient (Wildman–Crippen LogP) is 3.32. The fourth-order valence-electron chi connectivity index (χ4n) is 2.98. The summed E-state index contributed by atoms with van der Waals surface area (Å²) in [5.74, 6) is -0.358. The van der Waals surface area contributed by atoms with E-state index in [4.69, 9.17) is 4.74 Å². The first-order valence-corrected chi connectivity index (χ1v) is 8.48. The first-order chi connectivity index (χ1) is 11.1. The highest BCUT2D eigenvalue weighted by molar-refractivity contribution is 7.11. The second kappa shape index (κ2) is 6.76. The van der Waals surface area contributed by atoms with Crippen LogP contribution in [0, 0.1) is 5.82 Å². The van der Waals surface area contributed by atoms with Crippen molar-refractivity contribution < 1.29 is 13.9 Å². The van der Waals surface area contributed by atoms with Crippen LogP contribution in [0.5, 0.6) is 0 Å². The third-order valence-corrected chi connectivity index (χ3v) is 5.12. The minimum Gasteiger partial charge on any atom is -0.378 e. The summed E-state index contributed by atoms with van der Waals surface area (Å²) in [7, 11) is 1.58. The maximum absolute atomic E-state index is 13.4. The van der Waals surface area contributed by atoms with Crippen LogP contribution in [-0.4, -0.2) is 23.5 Å². The molecular formula is C17H19FN2O2S. The third kappa shape index (κ3) is 3.59. The summed E-state index contributed by atoms with van der Waals surface area (Å²) in [6.07, 6.45) is 3.54. The smallest absolute Gasteiger partial charge is 0.263 e. The number of ether oxygens (including phenoxy) is 1. The molecule has 1 aliphatic rings. The monoisotopic (exact) mass is 334 g/mol. The van der Waals surface area contributed by atoms with Gasteiger partial charge in [0.2, 0.25) is 0 Å². The van der Waals surface area contributed by atoms with E-state index in [2.05, 4.69) is 10.3 Å². The summed E-state index contributed by atoms with van der Waals surface area (Å²) in [5, 5.41) is 3.15. The number of halogens is 1. The summed E-state index contributed by atoms with van der Waals surface area (Å²) < 4.78 is 18.5. The highest BCUT2D eigenvalue weighted by Gasteiger charge is 2.39. The zero-order chi connectivity index (χ0) is 16.3. The topological polar surface area (TPSA) is 51.2 Å². The Labute approximate surface area is 138 Å². The Hall–Kier alpha value is -1.79. The van der Waals surface area contributed by atoms with E-state index in [1.165, 1.54) is 23.5 Å². The van der Waals surface area contributed by atoms with E-state index in [0.717, 1.165) is 24.8 Å². The van der Waals surface area contributed by atoms with Gasteiger partial charge in [-0.05, 0) is 43.4 Å². The number of carbonyl (C=O) groups is 1. The summed E-state index contributed by atoms with van der Waals surface area (Å²) in [6, 6.07) is 6.58. The Morgan fingerprint density at radius 2 is 2.30 bits per heavy atom. The molecule has 0 radical (unpaired) electrons. The van der Waals surface area contributed by atoms with Crippen molar-refractivity contribution in [3.8, 4) is 0 Å². The molecule has 1 fully saturated rings. The van der Waals surface area contributed by atoms with Crippen molar-refractivity contribution in [2.75, 3.05) is 7.11 Å². The Bertz CT molecular complexity index is 697. The Kier molecular flexibility index (Phi) is 4.73. The van der Waals surface area contributed by atoms with E-state index in [1.54, 1.807) is 18.7 Å². The number of amides is 1. The molecule has 23 heavy (non-hydrogen) atoms. The van der Waals surface area contributed by atoms with Gasteiger partial charge in [0.1, 0.15) is 10.7 Å². The number of hydrogen-bond acceptors (Lipinski definition) is 4. The number of carbonyl (C=O) groups excluding carboxylic acids is 1. The van der Waals surface area contributed by atoms with Crippen LogP contribution in [0.1, 0.15) is 40.2 Å². The molecule has 0 atom stereocenters. The molecule has 0 aliphatic heterocycles. The van der Waals surface area contributed by atoms with Crippen LogP contribution >= 0.6 is 11.3 Å². The van der Waals surface area contributed by atoms with Gasteiger partial charge in [0.25, 0.3) is 5.91 Å². The molecule has 1 N–H and O–H groups in total. The van der Waals surface area contributed by atoms with Gasteiger partial charge in [-0.3, -0.25) is 4.79 Å². The van der Waals surface area contributed by atoms with Crippen molar-refractivity contribution in [1.29, 1.82) is 0 Å². The fraction of sp³-hybridized carbons (Fsp3) is 0.412. The van der Waals surface area contributed by atoms with Crippen LogP contribution in [0.3, 0.4) is 0 Å². The number of nitrogens with one attached hydrogen (secondary N) is 1. The van der Waals surface area contributed by atoms with Gasteiger partial charge in [-0.15, -0.1) is 11.3 Å². The van der Waals surface area contributed by atoms with Gasteiger partial charge in [0, 0.05) is 12.6 Å². The van der Waals surface area contributed by atoms with Crippen molar-refractivity contribution in [3.05, 3.63) is 51.7 Å². The molecule has 1 aromatic heterocycles. The predicted molar refractivity (Wildman–Crippen MR) is 87.0 cm³/mol. The zero-order valence-corrected chi connectivity index (χ0v) is 13.8. The molecule has 0 bridgehead atoms. The largest absolute Gasteiger partial charge is 0.378 e. The van der Waals surface area contributed by atoms with Gasteiger partial charge < -0.3 is 10.1 Å². The molecule has 1 amide bonds. The van der Waals surface area contributed by atoms with Crippen LogP contribution in [0.2, 0.25) is 0 Å². The summed E-state index contributed by atoms with van der Waals surface area (Å²) >= 11 is 1.32. The van der Waals surface area contributed by atoms with Crippen LogP contribution in [0.25, 0.3) is 0 Å². The van der Waals surface area contributed by atoms with Gasteiger partial charge in [-0.2, -0.15) is 0 Å². The van der Waals surface area contributed by atoms with Crippen LogP contribution in [0.15, 0.2) is 29.8 Å². The molecule has 0 spiro atoms.